The zero-order valence-corrected chi connectivity index (χ0v) is 9.56. The van der Waals surface area contributed by atoms with Crippen molar-refractivity contribution in [3.05, 3.63) is 0 Å². The van der Waals surface area contributed by atoms with Gasteiger partial charge in [0, 0.05) is 12.6 Å². The summed E-state index contributed by atoms with van der Waals surface area (Å²) in [5.41, 5.74) is 0. The van der Waals surface area contributed by atoms with Gasteiger partial charge < -0.3 is 10.0 Å². The summed E-state index contributed by atoms with van der Waals surface area (Å²) in [6.45, 7) is 2.58. The lowest BCUT2D eigenvalue weighted by Crippen LogP contribution is -2.60. The first-order valence-electron chi connectivity index (χ1n) is 5.92. The minimum absolute atomic E-state index is 0.0307. The van der Waals surface area contributed by atoms with Gasteiger partial charge in [0.05, 0.1) is 6.04 Å². The summed E-state index contributed by atoms with van der Waals surface area (Å²) in [6, 6.07) is 0.341. The van der Waals surface area contributed by atoms with E-state index in [1.807, 2.05) is 11.8 Å². The molecular weight excluding hydrogens is 208 g/mol. The molecule has 0 aromatic heterocycles. The minimum atomic E-state index is -0.978. The number of amides is 2. The quantitative estimate of drug-likeness (QED) is 0.768. The van der Waals surface area contributed by atoms with Crippen LogP contribution in [0.2, 0.25) is 0 Å². The van der Waals surface area contributed by atoms with E-state index in [4.69, 9.17) is 5.11 Å². The largest absolute Gasteiger partial charge is 0.465 e. The highest BCUT2D eigenvalue weighted by Gasteiger charge is 2.38. The van der Waals surface area contributed by atoms with Crippen molar-refractivity contribution in [2.24, 2.45) is 0 Å². The molecule has 0 radical (unpaired) electrons. The first-order chi connectivity index (χ1) is 7.63. The van der Waals surface area contributed by atoms with Crippen molar-refractivity contribution >= 4 is 12.0 Å². The molecule has 0 spiro atoms. The van der Waals surface area contributed by atoms with Crippen LogP contribution in [0.1, 0.15) is 32.6 Å². The van der Waals surface area contributed by atoms with Crippen LogP contribution in [0.25, 0.3) is 0 Å². The van der Waals surface area contributed by atoms with E-state index in [2.05, 4.69) is 0 Å². The monoisotopic (exact) mass is 226 g/mol. The van der Waals surface area contributed by atoms with Crippen LogP contribution in [0.15, 0.2) is 0 Å². The molecule has 0 aromatic carbocycles. The van der Waals surface area contributed by atoms with Crippen LogP contribution in [0.3, 0.4) is 0 Å². The lowest BCUT2D eigenvalue weighted by Gasteiger charge is -2.45. The molecule has 2 rings (SSSR count). The zero-order valence-electron chi connectivity index (χ0n) is 9.56. The smallest absolute Gasteiger partial charge is 0.408 e. The van der Waals surface area contributed by atoms with Crippen molar-refractivity contribution in [2.75, 3.05) is 13.1 Å². The number of piperazine rings is 1. The van der Waals surface area contributed by atoms with Gasteiger partial charge in [-0.2, -0.15) is 0 Å². The van der Waals surface area contributed by atoms with Crippen molar-refractivity contribution in [1.82, 2.24) is 9.80 Å². The number of hydrogen-bond donors (Lipinski definition) is 1. The average molecular weight is 226 g/mol. The number of rotatable bonds is 2. The minimum Gasteiger partial charge on any atom is -0.465 e. The highest BCUT2D eigenvalue weighted by molar-refractivity contribution is 5.83. The third kappa shape index (κ3) is 1.86. The summed E-state index contributed by atoms with van der Waals surface area (Å²) in [4.78, 5) is 26.0. The van der Waals surface area contributed by atoms with E-state index in [1.54, 1.807) is 0 Å². The molecule has 16 heavy (non-hydrogen) atoms. The highest BCUT2D eigenvalue weighted by Crippen LogP contribution is 2.28. The van der Waals surface area contributed by atoms with E-state index in [0.717, 1.165) is 19.3 Å². The normalized spacial score (nSPS) is 26.8. The molecule has 5 nitrogen and oxygen atoms in total. The second-order valence-corrected chi connectivity index (χ2v) is 4.60. The Morgan fingerprint density at radius 2 is 2.19 bits per heavy atom. The lowest BCUT2D eigenvalue weighted by atomic mass is 9.90. The van der Waals surface area contributed by atoms with E-state index in [0.29, 0.717) is 12.6 Å². The first kappa shape index (κ1) is 11.2. The fourth-order valence-corrected chi connectivity index (χ4v) is 2.42. The second-order valence-electron chi connectivity index (χ2n) is 4.60. The van der Waals surface area contributed by atoms with Crippen molar-refractivity contribution in [1.29, 1.82) is 0 Å². The summed E-state index contributed by atoms with van der Waals surface area (Å²) >= 11 is 0. The Bertz CT molecular complexity index is 302. The van der Waals surface area contributed by atoms with E-state index in [9.17, 15) is 9.59 Å². The highest BCUT2D eigenvalue weighted by atomic mass is 16.4. The number of hydrogen-bond acceptors (Lipinski definition) is 2. The fourth-order valence-electron chi connectivity index (χ4n) is 2.42. The SMILES string of the molecule is CCC1CN(C2CCC2)C(=O)CN1C(=O)O. The van der Waals surface area contributed by atoms with Gasteiger partial charge in [-0.15, -0.1) is 0 Å². The van der Waals surface area contributed by atoms with Crippen LogP contribution in [0.5, 0.6) is 0 Å². The maximum absolute atomic E-state index is 11.8. The van der Waals surface area contributed by atoms with E-state index < -0.39 is 6.09 Å². The predicted octanol–water partition coefficient (Wildman–Crippen LogP) is 1.14. The van der Waals surface area contributed by atoms with Crippen LogP contribution < -0.4 is 0 Å². The average Bonchev–Trinajstić information content (AvgIpc) is 2.17. The van der Waals surface area contributed by atoms with Gasteiger partial charge in [0.25, 0.3) is 0 Å². The van der Waals surface area contributed by atoms with Crippen molar-refractivity contribution in [2.45, 2.75) is 44.7 Å². The first-order valence-corrected chi connectivity index (χ1v) is 5.92. The van der Waals surface area contributed by atoms with Gasteiger partial charge in [-0.25, -0.2) is 4.79 Å². The molecule has 1 saturated carbocycles. The molecule has 2 fully saturated rings. The molecule has 1 aliphatic carbocycles. The van der Waals surface area contributed by atoms with Crippen molar-refractivity contribution in [3.63, 3.8) is 0 Å². The van der Waals surface area contributed by atoms with Gasteiger partial charge in [0.2, 0.25) is 5.91 Å². The van der Waals surface area contributed by atoms with Crippen LogP contribution >= 0.6 is 0 Å². The van der Waals surface area contributed by atoms with Crippen LogP contribution in [-0.2, 0) is 4.79 Å². The fraction of sp³-hybridized carbons (Fsp3) is 0.818. The number of carbonyl (C=O) groups excluding carboxylic acids is 1. The number of carboxylic acid groups (broad SMARTS) is 1. The van der Waals surface area contributed by atoms with Gasteiger partial charge in [0.15, 0.2) is 0 Å². The molecule has 5 heteroatoms. The Hall–Kier alpha value is -1.26. The van der Waals surface area contributed by atoms with Gasteiger partial charge in [-0.05, 0) is 25.7 Å². The van der Waals surface area contributed by atoms with Crippen LogP contribution in [0.4, 0.5) is 4.79 Å². The Morgan fingerprint density at radius 3 is 2.62 bits per heavy atom. The number of nitrogens with zero attached hydrogens (tertiary/aromatic N) is 2. The molecular formula is C11H18N2O3. The second kappa shape index (κ2) is 4.31. The van der Waals surface area contributed by atoms with Crippen LogP contribution in [0, 0.1) is 0 Å². The molecule has 2 aliphatic rings. The zero-order chi connectivity index (χ0) is 11.7. The molecule has 1 saturated heterocycles. The van der Waals surface area contributed by atoms with E-state index in [-0.39, 0.29) is 18.5 Å². The Kier molecular flexibility index (Phi) is 3.03. The summed E-state index contributed by atoms with van der Waals surface area (Å²) < 4.78 is 0. The summed E-state index contributed by atoms with van der Waals surface area (Å²) in [5, 5.41) is 9.01. The van der Waals surface area contributed by atoms with E-state index >= 15 is 0 Å². The van der Waals surface area contributed by atoms with Crippen molar-refractivity contribution < 1.29 is 14.7 Å². The van der Waals surface area contributed by atoms with Gasteiger partial charge >= 0.3 is 6.09 Å². The molecule has 1 aliphatic heterocycles. The maximum atomic E-state index is 11.8. The predicted molar refractivity (Wildman–Crippen MR) is 58.2 cm³/mol. The van der Waals surface area contributed by atoms with Gasteiger partial charge in [-0.3, -0.25) is 9.69 Å². The summed E-state index contributed by atoms with van der Waals surface area (Å²) in [6.07, 6.45) is 3.13. The van der Waals surface area contributed by atoms with Gasteiger partial charge in [0.1, 0.15) is 6.54 Å². The molecule has 0 aromatic rings. The molecule has 1 N–H and O–H groups in total. The molecule has 1 heterocycles. The molecule has 2 amide bonds. The molecule has 90 valence electrons. The molecule has 1 unspecified atom stereocenters. The Labute approximate surface area is 95.0 Å². The molecule has 1 atom stereocenters. The van der Waals surface area contributed by atoms with Gasteiger partial charge in [-0.1, -0.05) is 6.92 Å². The Morgan fingerprint density at radius 1 is 1.50 bits per heavy atom. The Balaban J connectivity index is 2.05. The summed E-state index contributed by atoms with van der Waals surface area (Å²) in [7, 11) is 0. The topological polar surface area (TPSA) is 60.9 Å². The van der Waals surface area contributed by atoms with Crippen molar-refractivity contribution in [3.8, 4) is 0 Å². The maximum Gasteiger partial charge on any atom is 0.408 e. The molecule has 0 bridgehead atoms. The van der Waals surface area contributed by atoms with E-state index in [1.165, 1.54) is 11.3 Å². The van der Waals surface area contributed by atoms with Crippen LogP contribution in [-0.4, -0.2) is 52.1 Å². The lowest BCUT2D eigenvalue weighted by molar-refractivity contribution is -0.142. The summed E-state index contributed by atoms with van der Waals surface area (Å²) in [5.74, 6) is -0.0307. The third-order valence-corrected chi connectivity index (χ3v) is 3.71. The third-order valence-electron chi connectivity index (χ3n) is 3.71. The standard InChI is InChI=1S/C11H18N2O3/c1-2-8-6-12(9-4-3-5-9)10(14)7-13(8)11(15)16/h8-9H,2-7H2,1H3,(H,15,16). The number of carbonyl (C=O) groups is 2.